The zero-order valence-corrected chi connectivity index (χ0v) is 16.7. The summed E-state index contributed by atoms with van der Waals surface area (Å²) in [5.41, 5.74) is 0.949. The third kappa shape index (κ3) is 6.25. The van der Waals surface area contributed by atoms with Crippen LogP contribution in [0.3, 0.4) is 0 Å². The smallest absolute Gasteiger partial charge is 0.191 e. The largest absolute Gasteiger partial charge is 0.357 e. The molecule has 0 bridgehead atoms. The Kier molecular flexibility index (Phi) is 8.25. The van der Waals surface area contributed by atoms with Gasteiger partial charge in [-0.05, 0) is 51.1 Å². The third-order valence-corrected chi connectivity index (χ3v) is 4.05. The van der Waals surface area contributed by atoms with E-state index >= 15 is 0 Å². The summed E-state index contributed by atoms with van der Waals surface area (Å²) in [5, 5.41) is 6.72. The summed E-state index contributed by atoms with van der Waals surface area (Å²) in [7, 11) is 3.99. The van der Waals surface area contributed by atoms with Crippen molar-refractivity contribution in [2.45, 2.75) is 32.4 Å². The molecule has 2 N–H and O–H groups in total. The highest BCUT2D eigenvalue weighted by Crippen LogP contribution is 2.28. The van der Waals surface area contributed by atoms with Gasteiger partial charge >= 0.3 is 0 Å². The van der Waals surface area contributed by atoms with Crippen LogP contribution >= 0.6 is 24.0 Å². The van der Waals surface area contributed by atoms with Crippen molar-refractivity contribution >= 4 is 29.9 Å². The van der Waals surface area contributed by atoms with Crippen LogP contribution in [0, 0.1) is 11.7 Å². The van der Waals surface area contributed by atoms with Gasteiger partial charge in [-0.3, -0.25) is 4.99 Å². The number of nitrogens with one attached hydrogen (secondary N) is 2. The molecule has 1 aromatic carbocycles. The van der Waals surface area contributed by atoms with Crippen LogP contribution in [0.5, 0.6) is 0 Å². The van der Waals surface area contributed by atoms with Gasteiger partial charge in [-0.1, -0.05) is 19.1 Å². The molecular weight excluding hydrogens is 406 g/mol. The Hall–Kier alpha value is -0.890. The second kappa shape index (κ2) is 9.42. The number of hydrogen-bond acceptors (Lipinski definition) is 2. The molecule has 0 heterocycles. The molecule has 1 aliphatic carbocycles. The summed E-state index contributed by atoms with van der Waals surface area (Å²) in [5.74, 6) is 1.36. The summed E-state index contributed by atoms with van der Waals surface area (Å²) < 4.78 is 13.5. The van der Waals surface area contributed by atoms with Crippen LogP contribution in [0.15, 0.2) is 29.3 Å². The number of hydrogen-bond donors (Lipinski definition) is 2. The summed E-state index contributed by atoms with van der Waals surface area (Å²) in [4.78, 5) is 6.76. The second-order valence-corrected chi connectivity index (χ2v) is 6.22. The lowest BCUT2D eigenvalue weighted by atomic mass is 10.1. The van der Waals surface area contributed by atoms with Crippen LogP contribution in [-0.2, 0) is 0 Å². The van der Waals surface area contributed by atoms with Crippen molar-refractivity contribution in [1.82, 2.24) is 15.5 Å². The van der Waals surface area contributed by atoms with Crippen LogP contribution < -0.4 is 10.6 Å². The van der Waals surface area contributed by atoms with Crippen LogP contribution in [0.4, 0.5) is 4.39 Å². The summed E-state index contributed by atoms with van der Waals surface area (Å²) in [6, 6.07) is 7.35. The maximum atomic E-state index is 13.5. The van der Waals surface area contributed by atoms with Crippen LogP contribution in [-0.4, -0.2) is 44.1 Å². The maximum Gasteiger partial charge on any atom is 0.191 e. The van der Waals surface area contributed by atoms with E-state index in [0.29, 0.717) is 12.6 Å². The zero-order valence-electron chi connectivity index (χ0n) is 14.3. The van der Waals surface area contributed by atoms with E-state index in [1.54, 1.807) is 12.1 Å². The van der Waals surface area contributed by atoms with Crippen molar-refractivity contribution < 1.29 is 4.39 Å². The molecule has 1 saturated carbocycles. The first kappa shape index (κ1) is 20.2. The van der Waals surface area contributed by atoms with Crippen molar-refractivity contribution in [1.29, 1.82) is 0 Å². The minimum atomic E-state index is -0.204. The predicted octanol–water partition coefficient (Wildman–Crippen LogP) is 3.01. The zero-order chi connectivity index (χ0) is 16.1. The lowest BCUT2D eigenvalue weighted by molar-refractivity contribution is 0.305. The van der Waals surface area contributed by atoms with Gasteiger partial charge in [0.25, 0.3) is 0 Å². The van der Waals surface area contributed by atoms with E-state index in [1.807, 2.05) is 20.2 Å². The van der Waals surface area contributed by atoms with Crippen LogP contribution in [0.25, 0.3) is 0 Å². The average Bonchev–Trinajstić information content (AvgIpc) is 3.14. The lowest BCUT2D eigenvalue weighted by Crippen LogP contribution is -2.39. The molecule has 1 aromatic rings. The van der Waals surface area contributed by atoms with Crippen molar-refractivity contribution in [3.05, 3.63) is 35.6 Å². The number of benzene rings is 1. The Bertz CT molecular complexity index is 521. The van der Waals surface area contributed by atoms with E-state index in [-0.39, 0.29) is 35.8 Å². The van der Waals surface area contributed by atoms with E-state index in [4.69, 9.17) is 0 Å². The van der Waals surface area contributed by atoms with E-state index < -0.39 is 0 Å². The molecule has 0 radical (unpaired) electrons. The molecule has 0 saturated heterocycles. The number of nitrogens with zero attached hydrogens (tertiary/aromatic N) is 2. The van der Waals surface area contributed by atoms with Crippen molar-refractivity contribution in [3.63, 3.8) is 0 Å². The first-order valence-electron chi connectivity index (χ1n) is 7.98. The van der Waals surface area contributed by atoms with Gasteiger partial charge in [0.2, 0.25) is 0 Å². The second-order valence-electron chi connectivity index (χ2n) is 6.22. The molecule has 3 unspecified atom stereocenters. The fourth-order valence-corrected chi connectivity index (χ4v) is 2.48. The Morgan fingerprint density at radius 3 is 2.65 bits per heavy atom. The van der Waals surface area contributed by atoms with E-state index in [2.05, 4.69) is 34.4 Å². The summed E-state index contributed by atoms with van der Waals surface area (Å²) in [6.07, 6.45) is 1.20. The minimum absolute atomic E-state index is 0. The molecule has 130 valence electrons. The van der Waals surface area contributed by atoms with Gasteiger partial charge in [0, 0.05) is 12.6 Å². The van der Waals surface area contributed by atoms with Gasteiger partial charge in [0.1, 0.15) is 5.82 Å². The average molecular weight is 434 g/mol. The lowest BCUT2D eigenvalue weighted by Gasteiger charge is -2.23. The van der Waals surface area contributed by atoms with E-state index in [1.165, 1.54) is 12.5 Å². The van der Waals surface area contributed by atoms with Crippen molar-refractivity contribution in [2.24, 2.45) is 10.9 Å². The van der Waals surface area contributed by atoms with E-state index in [0.717, 1.165) is 24.0 Å². The number of guanidine groups is 1. The Labute approximate surface area is 156 Å². The quantitative estimate of drug-likeness (QED) is 0.411. The maximum absolute atomic E-state index is 13.5. The summed E-state index contributed by atoms with van der Waals surface area (Å²) >= 11 is 0. The fraction of sp³-hybridized carbons (Fsp3) is 0.588. The Morgan fingerprint density at radius 2 is 2.13 bits per heavy atom. The van der Waals surface area contributed by atoms with Gasteiger partial charge in [-0.2, -0.15) is 0 Å². The molecular formula is C17H28FIN4. The fourth-order valence-electron chi connectivity index (χ4n) is 2.48. The molecule has 4 nitrogen and oxygen atoms in total. The van der Waals surface area contributed by atoms with Crippen LogP contribution in [0.2, 0.25) is 0 Å². The SMILES string of the molecule is CCNC(=NCC(c1cccc(F)c1)N(C)C)NC1CC1C.I. The van der Waals surface area contributed by atoms with Crippen molar-refractivity contribution in [2.75, 3.05) is 27.2 Å². The molecule has 1 fully saturated rings. The first-order valence-corrected chi connectivity index (χ1v) is 7.98. The standard InChI is InChI=1S/C17H27FN4.HI/c1-5-19-17(21-15-9-12(15)2)20-11-16(22(3)4)13-7-6-8-14(18)10-13;/h6-8,10,12,15-16H,5,9,11H2,1-4H3,(H2,19,20,21);1H. The molecule has 1 aliphatic rings. The Morgan fingerprint density at radius 1 is 1.43 bits per heavy atom. The number of halogens is 2. The van der Waals surface area contributed by atoms with Gasteiger partial charge in [-0.15, -0.1) is 24.0 Å². The number of aliphatic imine (C=N–C) groups is 1. The predicted molar refractivity (Wildman–Crippen MR) is 105 cm³/mol. The molecule has 3 atom stereocenters. The molecule has 0 aromatic heterocycles. The first-order chi connectivity index (χ1) is 10.5. The van der Waals surface area contributed by atoms with Gasteiger partial charge in [0.05, 0.1) is 12.6 Å². The molecule has 23 heavy (non-hydrogen) atoms. The molecule has 0 amide bonds. The highest BCUT2D eigenvalue weighted by Gasteiger charge is 2.33. The Balaban J connectivity index is 0.00000264. The topological polar surface area (TPSA) is 39.7 Å². The molecule has 0 spiro atoms. The monoisotopic (exact) mass is 434 g/mol. The molecule has 2 rings (SSSR count). The van der Waals surface area contributed by atoms with Crippen LogP contribution in [0.1, 0.15) is 31.9 Å². The number of rotatable bonds is 6. The van der Waals surface area contributed by atoms with Crippen molar-refractivity contribution in [3.8, 4) is 0 Å². The third-order valence-electron chi connectivity index (χ3n) is 4.05. The minimum Gasteiger partial charge on any atom is -0.357 e. The molecule has 0 aliphatic heterocycles. The highest BCUT2D eigenvalue weighted by molar-refractivity contribution is 14.0. The van der Waals surface area contributed by atoms with Gasteiger partial charge in [-0.25, -0.2) is 4.39 Å². The van der Waals surface area contributed by atoms with E-state index in [9.17, 15) is 4.39 Å². The van der Waals surface area contributed by atoms with Gasteiger partial charge < -0.3 is 15.5 Å². The normalized spacial score (nSPS) is 21.6. The molecule has 6 heteroatoms. The van der Waals surface area contributed by atoms with Gasteiger partial charge in [0.15, 0.2) is 5.96 Å². The highest BCUT2D eigenvalue weighted by atomic mass is 127. The summed E-state index contributed by atoms with van der Waals surface area (Å²) in [6.45, 7) is 5.71. The number of likely N-dealkylation sites (N-methyl/N-ethyl adjacent to an activating group) is 1.